The third-order valence-electron chi connectivity index (χ3n) is 7.74. The van der Waals surface area contributed by atoms with Crippen LogP contribution in [0.3, 0.4) is 0 Å². The second-order valence-electron chi connectivity index (χ2n) is 12.2. The molecule has 232 valence electrons. The van der Waals surface area contributed by atoms with E-state index in [0.29, 0.717) is 54.5 Å². The van der Waals surface area contributed by atoms with E-state index in [4.69, 9.17) is 21.1 Å². The zero-order chi connectivity index (χ0) is 31.3. The number of likely N-dealkylation sites (tertiary alicyclic amines) is 1. The Kier molecular flexibility index (Phi) is 10.3. The maximum Gasteiger partial charge on any atom is 0.306 e. The second-order valence-corrected chi connectivity index (χ2v) is 12.7. The predicted molar refractivity (Wildman–Crippen MR) is 162 cm³/mol. The van der Waals surface area contributed by atoms with Crippen LogP contribution in [0.15, 0.2) is 42.5 Å². The number of piperidine rings is 1. The average Bonchev–Trinajstić information content (AvgIpc) is 2.98. The third-order valence-corrected chi connectivity index (χ3v) is 7.98. The standard InChI is InChI=1S/C32H40ClN3O7/c1-32(2,3)20-36-25-10-9-22(33)17-24(25)30(23-7-5-6-8-26(23)42-4)43-16-15-35(27(37)18-28(36)38)19-29(39)34-13-11-21(12-14-34)31(40)41/h5-10,17,21,30H,11-16,18-20H2,1-4H3,(H,40,41). The first-order valence-electron chi connectivity index (χ1n) is 14.5. The Morgan fingerprint density at radius 2 is 1.72 bits per heavy atom. The quantitative estimate of drug-likeness (QED) is 0.480. The molecule has 2 aromatic carbocycles. The summed E-state index contributed by atoms with van der Waals surface area (Å²) >= 11 is 6.50. The smallest absolute Gasteiger partial charge is 0.306 e. The fraction of sp³-hybridized carbons (Fsp3) is 0.500. The van der Waals surface area contributed by atoms with Crippen LogP contribution in [0.25, 0.3) is 0 Å². The Morgan fingerprint density at radius 1 is 1.02 bits per heavy atom. The number of hydrogen-bond acceptors (Lipinski definition) is 6. The predicted octanol–water partition coefficient (Wildman–Crippen LogP) is 4.39. The zero-order valence-electron chi connectivity index (χ0n) is 25.2. The van der Waals surface area contributed by atoms with Crippen LogP contribution in [0.1, 0.15) is 57.3 Å². The van der Waals surface area contributed by atoms with Gasteiger partial charge in [-0.25, -0.2) is 0 Å². The van der Waals surface area contributed by atoms with E-state index in [2.05, 4.69) is 0 Å². The molecule has 43 heavy (non-hydrogen) atoms. The minimum Gasteiger partial charge on any atom is -0.496 e. The summed E-state index contributed by atoms with van der Waals surface area (Å²) in [5.41, 5.74) is 1.66. The number of ether oxygens (including phenoxy) is 2. The van der Waals surface area contributed by atoms with E-state index in [9.17, 15) is 24.3 Å². The van der Waals surface area contributed by atoms with Crippen LogP contribution >= 0.6 is 11.6 Å². The summed E-state index contributed by atoms with van der Waals surface area (Å²) in [6, 6.07) is 12.7. The first-order valence-corrected chi connectivity index (χ1v) is 14.9. The number of rotatable bonds is 6. The molecule has 2 aliphatic heterocycles. The number of benzene rings is 2. The lowest BCUT2D eigenvalue weighted by Crippen LogP contribution is -2.48. The molecule has 2 heterocycles. The van der Waals surface area contributed by atoms with Crippen molar-refractivity contribution >= 4 is 41.0 Å². The Hall–Kier alpha value is -3.63. The number of methoxy groups -OCH3 is 1. The number of nitrogens with zero attached hydrogens (tertiary/aromatic N) is 3. The number of aliphatic carboxylic acids is 1. The number of halogens is 1. The van der Waals surface area contributed by atoms with Crippen molar-refractivity contribution in [1.29, 1.82) is 0 Å². The van der Waals surface area contributed by atoms with Crippen LogP contribution in [0.2, 0.25) is 5.02 Å². The van der Waals surface area contributed by atoms with Gasteiger partial charge in [0.1, 0.15) is 18.3 Å². The van der Waals surface area contributed by atoms with Crippen LogP contribution in [-0.2, 0) is 23.9 Å². The Balaban J connectivity index is 1.70. The monoisotopic (exact) mass is 613 g/mol. The van der Waals surface area contributed by atoms with E-state index in [-0.39, 0.29) is 31.0 Å². The van der Waals surface area contributed by atoms with Crippen molar-refractivity contribution in [2.24, 2.45) is 11.3 Å². The number of carbonyl (C=O) groups is 4. The molecule has 0 aliphatic carbocycles. The van der Waals surface area contributed by atoms with Crippen LogP contribution in [-0.4, -0.2) is 85.0 Å². The summed E-state index contributed by atoms with van der Waals surface area (Å²) in [6.07, 6.45) is -0.397. The molecule has 10 nitrogen and oxygen atoms in total. The Labute approximate surface area is 257 Å². The van der Waals surface area contributed by atoms with Crippen LogP contribution in [0, 0.1) is 11.3 Å². The molecule has 1 fully saturated rings. The van der Waals surface area contributed by atoms with Crippen molar-refractivity contribution in [3.05, 3.63) is 58.6 Å². The van der Waals surface area contributed by atoms with Gasteiger partial charge in [0.15, 0.2) is 0 Å². The fourth-order valence-electron chi connectivity index (χ4n) is 5.54. The lowest BCUT2D eigenvalue weighted by molar-refractivity contribution is -0.147. The minimum absolute atomic E-state index is 0.0717. The van der Waals surface area contributed by atoms with Crippen molar-refractivity contribution in [3.63, 3.8) is 0 Å². The van der Waals surface area contributed by atoms with Crippen molar-refractivity contribution < 1.29 is 33.8 Å². The van der Waals surface area contributed by atoms with Crippen LogP contribution < -0.4 is 9.64 Å². The molecule has 0 aromatic heterocycles. The molecule has 1 saturated heterocycles. The minimum atomic E-state index is -0.864. The van der Waals surface area contributed by atoms with E-state index >= 15 is 0 Å². The first-order chi connectivity index (χ1) is 20.4. The summed E-state index contributed by atoms with van der Waals surface area (Å²) < 4.78 is 12.1. The normalized spacial score (nSPS) is 19.1. The number of carboxylic acids is 1. The molecule has 2 aliphatic rings. The fourth-order valence-corrected chi connectivity index (χ4v) is 5.72. The number of amides is 3. The van der Waals surface area contributed by atoms with Gasteiger partial charge in [0.2, 0.25) is 17.7 Å². The van der Waals surface area contributed by atoms with Crippen molar-refractivity contribution in [2.45, 2.75) is 46.1 Å². The number of fused-ring (bicyclic) bond motifs is 1. The molecular formula is C32H40ClN3O7. The van der Waals surface area contributed by atoms with Gasteiger partial charge < -0.3 is 29.3 Å². The lowest BCUT2D eigenvalue weighted by Gasteiger charge is -2.33. The van der Waals surface area contributed by atoms with Crippen molar-refractivity contribution in [2.75, 3.05) is 51.3 Å². The molecule has 11 heteroatoms. The first kappa shape index (κ1) is 32.3. The molecule has 0 saturated carbocycles. The summed E-state index contributed by atoms with van der Waals surface area (Å²) in [5, 5.41) is 9.77. The molecule has 3 amide bonds. The van der Waals surface area contributed by atoms with Crippen molar-refractivity contribution in [1.82, 2.24) is 9.80 Å². The average molecular weight is 614 g/mol. The van der Waals surface area contributed by atoms with Crippen LogP contribution in [0.4, 0.5) is 5.69 Å². The molecule has 0 bridgehead atoms. The van der Waals surface area contributed by atoms with E-state index in [1.165, 1.54) is 4.90 Å². The topological polar surface area (TPSA) is 117 Å². The van der Waals surface area contributed by atoms with Gasteiger partial charge >= 0.3 is 5.97 Å². The van der Waals surface area contributed by atoms with Crippen LogP contribution in [0.5, 0.6) is 5.75 Å². The zero-order valence-corrected chi connectivity index (χ0v) is 25.9. The second kappa shape index (κ2) is 13.8. The van der Waals surface area contributed by atoms with E-state index in [0.717, 1.165) is 5.56 Å². The Morgan fingerprint density at radius 3 is 2.37 bits per heavy atom. The van der Waals surface area contributed by atoms with Gasteiger partial charge in [0, 0.05) is 48.0 Å². The molecular weight excluding hydrogens is 574 g/mol. The third kappa shape index (κ3) is 8.06. The van der Waals surface area contributed by atoms with E-state index in [1.54, 1.807) is 35.1 Å². The van der Waals surface area contributed by atoms with Gasteiger partial charge in [-0.15, -0.1) is 0 Å². The van der Waals surface area contributed by atoms with E-state index in [1.807, 2.05) is 45.0 Å². The maximum absolute atomic E-state index is 13.9. The number of anilines is 1. The highest BCUT2D eigenvalue weighted by atomic mass is 35.5. The van der Waals surface area contributed by atoms with Gasteiger partial charge in [-0.2, -0.15) is 0 Å². The van der Waals surface area contributed by atoms with E-state index < -0.39 is 36.2 Å². The summed E-state index contributed by atoms with van der Waals surface area (Å²) in [5.74, 6) is -1.92. The molecule has 2 aromatic rings. The molecule has 1 N–H and O–H groups in total. The number of para-hydroxylation sites is 1. The van der Waals surface area contributed by atoms with Gasteiger partial charge in [-0.05, 0) is 42.5 Å². The Bertz CT molecular complexity index is 1350. The summed E-state index contributed by atoms with van der Waals surface area (Å²) in [6.45, 7) is 6.87. The number of carbonyl (C=O) groups excluding carboxylic acids is 3. The van der Waals surface area contributed by atoms with Gasteiger partial charge in [0.25, 0.3) is 0 Å². The largest absolute Gasteiger partial charge is 0.496 e. The maximum atomic E-state index is 13.9. The highest BCUT2D eigenvalue weighted by Crippen LogP contribution is 2.40. The number of hydrogen-bond donors (Lipinski definition) is 1. The van der Waals surface area contributed by atoms with Crippen molar-refractivity contribution in [3.8, 4) is 5.75 Å². The SMILES string of the molecule is COc1ccccc1C1OCCN(CC(=O)N2CCC(C(=O)O)CC2)C(=O)CC(=O)N(CC(C)(C)C)c2ccc(Cl)cc21. The van der Waals surface area contributed by atoms with Gasteiger partial charge in [0.05, 0.1) is 26.2 Å². The summed E-state index contributed by atoms with van der Waals surface area (Å²) in [4.78, 5) is 56.6. The highest BCUT2D eigenvalue weighted by molar-refractivity contribution is 6.30. The molecule has 1 unspecified atom stereocenters. The molecule has 4 rings (SSSR count). The molecule has 1 atom stereocenters. The van der Waals surface area contributed by atoms with Gasteiger partial charge in [-0.1, -0.05) is 50.6 Å². The summed E-state index contributed by atoms with van der Waals surface area (Å²) in [7, 11) is 1.57. The lowest BCUT2D eigenvalue weighted by atomic mass is 9.93. The number of carboxylic acid groups (broad SMARTS) is 1. The molecule has 0 radical (unpaired) electrons. The van der Waals surface area contributed by atoms with Gasteiger partial charge in [-0.3, -0.25) is 19.2 Å². The highest BCUT2D eigenvalue weighted by Gasteiger charge is 2.34. The molecule has 0 spiro atoms.